The Morgan fingerprint density at radius 1 is 1.15 bits per heavy atom. The van der Waals surface area contributed by atoms with Gasteiger partial charge in [0.05, 0.1) is 31.4 Å². The summed E-state index contributed by atoms with van der Waals surface area (Å²) in [4.78, 5) is 38.7. The molecule has 1 aliphatic heterocycles. The molecule has 3 rings (SSSR count). The van der Waals surface area contributed by atoms with E-state index in [9.17, 15) is 27.6 Å². The summed E-state index contributed by atoms with van der Waals surface area (Å²) >= 11 is 0. The fourth-order valence-corrected chi connectivity index (χ4v) is 3.83. The smallest absolute Gasteiger partial charge is 0.416 e. The van der Waals surface area contributed by atoms with Gasteiger partial charge in [-0.05, 0) is 37.6 Å². The quantitative estimate of drug-likeness (QED) is 0.587. The zero-order valence-electron chi connectivity index (χ0n) is 18.2. The summed E-state index contributed by atoms with van der Waals surface area (Å²) in [5.41, 5.74) is -0.971. The molecule has 0 saturated carbocycles. The summed E-state index contributed by atoms with van der Waals surface area (Å²) in [6.07, 6.45) is -5.04. The molecule has 176 valence electrons. The van der Waals surface area contributed by atoms with Crippen molar-refractivity contribution >= 4 is 17.8 Å². The van der Waals surface area contributed by atoms with Crippen LogP contribution in [0.5, 0.6) is 0 Å². The third kappa shape index (κ3) is 4.94. The number of nitrogens with zero attached hydrogens (tertiary/aromatic N) is 1. The van der Waals surface area contributed by atoms with Crippen molar-refractivity contribution in [1.29, 1.82) is 0 Å². The van der Waals surface area contributed by atoms with Crippen molar-refractivity contribution in [2.24, 2.45) is 0 Å². The number of furan rings is 1. The van der Waals surface area contributed by atoms with Crippen molar-refractivity contribution in [2.45, 2.75) is 38.9 Å². The zero-order valence-corrected chi connectivity index (χ0v) is 18.2. The van der Waals surface area contributed by atoms with E-state index in [-0.39, 0.29) is 47.9 Å². The fourth-order valence-electron chi connectivity index (χ4n) is 3.83. The van der Waals surface area contributed by atoms with E-state index >= 15 is 0 Å². The first-order valence-corrected chi connectivity index (χ1v) is 10.1. The van der Waals surface area contributed by atoms with Gasteiger partial charge in [-0.3, -0.25) is 4.79 Å². The SMILES string of the molecule is CCOC(=O)C1=C(C)N(Cc2ccc(C(=O)OC)o2)C(=O)CC1c1ccccc1C(F)(F)F. The lowest BCUT2D eigenvalue weighted by Gasteiger charge is -2.34. The molecule has 1 aromatic heterocycles. The number of methoxy groups -OCH3 is 1. The monoisotopic (exact) mass is 465 g/mol. The van der Waals surface area contributed by atoms with Crippen LogP contribution in [-0.2, 0) is 31.8 Å². The highest BCUT2D eigenvalue weighted by Gasteiger charge is 2.42. The van der Waals surface area contributed by atoms with E-state index in [0.29, 0.717) is 0 Å². The number of carbonyl (C=O) groups excluding carboxylic acids is 3. The van der Waals surface area contributed by atoms with Crippen molar-refractivity contribution in [1.82, 2.24) is 4.90 Å². The summed E-state index contributed by atoms with van der Waals surface area (Å²) in [6.45, 7) is 2.93. The van der Waals surface area contributed by atoms with E-state index in [1.165, 1.54) is 49.3 Å². The molecule has 2 heterocycles. The van der Waals surface area contributed by atoms with Crippen molar-refractivity contribution in [3.05, 3.63) is 70.3 Å². The van der Waals surface area contributed by atoms with Crippen LogP contribution in [0.15, 0.2) is 52.1 Å². The van der Waals surface area contributed by atoms with Crippen LogP contribution in [0, 0.1) is 0 Å². The van der Waals surface area contributed by atoms with E-state index in [1.54, 1.807) is 6.92 Å². The summed E-state index contributed by atoms with van der Waals surface area (Å²) in [5, 5.41) is 0. The Morgan fingerprint density at radius 2 is 1.85 bits per heavy atom. The summed E-state index contributed by atoms with van der Waals surface area (Å²) in [6, 6.07) is 7.71. The Bertz CT molecular complexity index is 1100. The van der Waals surface area contributed by atoms with E-state index in [0.717, 1.165) is 6.07 Å². The first-order valence-electron chi connectivity index (χ1n) is 10.1. The number of carbonyl (C=O) groups is 3. The molecule has 2 aromatic rings. The second kappa shape index (κ2) is 9.51. The van der Waals surface area contributed by atoms with Gasteiger partial charge >= 0.3 is 18.1 Å². The Hall–Kier alpha value is -3.56. The number of benzene rings is 1. The minimum Gasteiger partial charge on any atom is -0.463 e. The average Bonchev–Trinajstić information content (AvgIpc) is 3.24. The van der Waals surface area contributed by atoms with Crippen LogP contribution in [-0.4, -0.2) is 36.5 Å². The third-order valence-corrected chi connectivity index (χ3v) is 5.32. The normalized spacial score (nSPS) is 16.7. The van der Waals surface area contributed by atoms with E-state index in [4.69, 9.17) is 9.15 Å². The van der Waals surface area contributed by atoms with E-state index in [1.807, 2.05) is 0 Å². The van der Waals surface area contributed by atoms with Gasteiger partial charge in [0, 0.05) is 18.0 Å². The van der Waals surface area contributed by atoms with Crippen molar-refractivity contribution in [3.8, 4) is 0 Å². The number of amides is 1. The van der Waals surface area contributed by atoms with Crippen LogP contribution in [0.25, 0.3) is 0 Å². The highest BCUT2D eigenvalue weighted by molar-refractivity contribution is 5.96. The van der Waals surface area contributed by atoms with Crippen LogP contribution >= 0.6 is 0 Å². The number of hydrogen-bond acceptors (Lipinski definition) is 6. The number of rotatable bonds is 6. The molecule has 0 saturated heterocycles. The summed E-state index contributed by atoms with van der Waals surface area (Å²) in [5.74, 6) is -2.97. The minimum atomic E-state index is -4.66. The highest BCUT2D eigenvalue weighted by atomic mass is 19.4. The molecule has 10 heteroatoms. The predicted molar refractivity (Wildman–Crippen MR) is 109 cm³/mol. The average molecular weight is 465 g/mol. The number of allylic oxidation sites excluding steroid dienone is 1. The van der Waals surface area contributed by atoms with Gasteiger partial charge in [-0.1, -0.05) is 18.2 Å². The van der Waals surface area contributed by atoms with Gasteiger partial charge in [-0.2, -0.15) is 13.2 Å². The van der Waals surface area contributed by atoms with Crippen LogP contribution in [0.4, 0.5) is 13.2 Å². The lowest BCUT2D eigenvalue weighted by atomic mass is 9.81. The first kappa shape index (κ1) is 24.1. The molecule has 1 amide bonds. The van der Waals surface area contributed by atoms with E-state index < -0.39 is 35.5 Å². The Morgan fingerprint density at radius 3 is 2.48 bits per heavy atom. The van der Waals surface area contributed by atoms with Gasteiger partial charge < -0.3 is 18.8 Å². The molecule has 7 nitrogen and oxygen atoms in total. The lowest BCUT2D eigenvalue weighted by molar-refractivity contribution is -0.142. The molecule has 0 fully saturated rings. The number of ether oxygens (including phenoxy) is 2. The van der Waals surface area contributed by atoms with Crippen molar-refractivity contribution < 1.29 is 41.4 Å². The molecule has 1 atom stereocenters. The first-order chi connectivity index (χ1) is 15.6. The fraction of sp³-hybridized carbons (Fsp3) is 0.348. The number of alkyl halides is 3. The highest BCUT2D eigenvalue weighted by Crippen LogP contribution is 2.43. The second-order valence-electron chi connectivity index (χ2n) is 7.30. The Kier molecular flexibility index (Phi) is 6.95. The van der Waals surface area contributed by atoms with Crippen LogP contribution in [0.1, 0.15) is 53.6 Å². The Labute approximate surface area is 187 Å². The standard InChI is InChI=1S/C23H22F3NO6/c1-4-32-22(30)20-13(2)27(12-14-9-10-18(33-14)21(29)31-3)19(28)11-16(20)15-7-5-6-8-17(15)23(24,25)26/h5-10,16H,4,11-12H2,1-3H3. The zero-order chi connectivity index (χ0) is 24.3. The second-order valence-corrected chi connectivity index (χ2v) is 7.30. The number of halogens is 3. The molecule has 0 radical (unpaired) electrons. The molecular weight excluding hydrogens is 443 g/mol. The number of esters is 2. The van der Waals surface area contributed by atoms with Gasteiger partial charge in [0.15, 0.2) is 0 Å². The number of hydrogen-bond donors (Lipinski definition) is 0. The molecular formula is C23H22F3NO6. The molecule has 0 bridgehead atoms. The van der Waals surface area contributed by atoms with Gasteiger partial charge in [-0.25, -0.2) is 9.59 Å². The predicted octanol–water partition coefficient (Wildman–Crippen LogP) is 4.44. The van der Waals surface area contributed by atoms with Gasteiger partial charge in [-0.15, -0.1) is 0 Å². The third-order valence-electron chi connectivity index (χ3n) is 5.32. The molecule has 33 heavy (non-hydrogen) atoms. The van der Waals surface area contributed by atoms with Gasteiger partial charge in [0.25, 0.3) is 0 Å². The maximum absolute atomic E-state index is 13.7. The Balaban J connectivity index is 2.06. The van der Waals surface area contributed by atoms with E-state index in [2.05, 4.69) is 4.74 Å². The maximum atomic E-state index is 13.7. The van der Waals surface area contributed by atoms with Crippen molar-refractivity contribution in [2.75, 3.05) is 13.7 Å². The molecule has 1 aliphatic rings. The summed E-state index contributed by atoms with van der Waals surface area (Å²) in [7, 11) is 1.19. The van der Waals surface area contributed by atoms with Crippen LogP contribution in [0.2, 0.25) is 0 Å². The molecule has 0 spiro atoms. The van der Waals surface area contributed by atoms with Crippen LogP contribution < -0.4 is 0 Å². The largest absolute Gasteiger partial charge is 0.463 e. The topological polar surface area (TPSA) is 86.1 Å². The molecule has 1 unspecified atom stereocenters. The van der Waals surface area contributed by atoms with Crippen molar-refractivity contribution in [3.63, 3.8) is 0 Å². The van der Waals surface area contributed by atoms with Gasteiger partial charge in [0.2, 0.25) is 11.7 Å². The molecule has 0 aliphatic carbocycles. The van der Waals surface area contributed by atoms with Crippen LogP contribution in [0.3, 0.4) is 0 Å². The molecule has 1 aromatic carbocycles. The summed E-state index contributed by atoms with van der Waals surface area (Å²) < 4.78 is 56.1. The minimum absolute atomic E-state index is 0.0118. The molecule has 0 N–H and O–H groups in total. The van der Waals surface area contributed by atoms with Gasteiger partial charge in [0.1, 0.15) is 5.76 Å². The lowest BCUT2D eigenvalue weighted by Crippen LogP contribution is -2.38. The maximum Gasteiger partial charge on any atom is 0.416 e.